The number of hydrogen-bond acceptors (Lipinski definition) is 3. The van der Waals surface area contributed by atoms with Gasteiger partial charge in [-0.25, -0.2) is 4.39 Å². The van der Waals surface area contributed by atoms with Gasteiger partial charge in [-0.05, 0) is 30.5 Å². The number of aliphatic hydroxyl groups is 1. The van der Waals surface area contributed by atoms with Crippen molar-refractivity contribution in [1.29, 1.82) is 0 Å². The molecule has 0 heterocycles. The fourth-order valence-electron chi connectivity index (χ4n) is 2.64. The maximum Gasteiger partial charge on any atom is 0.127 e. The summed E-state index contributed by atoms with van der Waals surface area (Å²) in [6, 6.07) is 4.04. The van der Waals surface area contributed by atoms with E-state index in [1.807, 2.05) is 0 Å². The van der Waals surface area contributed by atoms with E-state index in [9.17, 15) is 14.6 Å². The SMILES string of the molecule is OCC1(NCc2cc(O)cc(F)c2)CCCCC1. The van der Waals surface area contributed by atoms with Crippen molar-refractivity contribution in [3.63, 3.8) is 0 Å². The normalized spacial score (nSPS) is 18.8. The molecule has 3 nitrogen and oxygen atoms in total. The van der Waals surface area contributed by atoms with Crippen molar-refractivity contribution in [2.24, 2.45) is 0 Å². The van der Waals surface area contributed by atoms with Crippen LogP contribution in [0.1, 0.15) is 37.7 Å². The van der Waals surface area contributed by atoms with Crippen molar-refractivity contribution in [3.8, 4) is 5.75 Å². The van der Waals surface area contributed by atoms with E-state index in [2.05, 4.69) is 5.32 Å². The molecule has 0 saturated heterocycles. The molecule has 0 amide bonds. The molecule has 1 fully saturated rings. The summed E-state index contributed by atoms with van der Waals surface area (Å²) in [5.41, 5.74) is 0.464. The Balaban J connectivity index is 2.00. The minimum absolute atomic E-state index is 0.0616. The third kappa shape index (κ3) is 3.21. The predicted molar refractivity (Wildman–Crippen MR) is 67.8 cm³/mol. The largest absolute Gasteiger partial charge is 0.508 e. The summed E-state index contributed by atoms with van der Waals surface area (Å²) in [7, 11) is 0. The summed E-state index contributed by atoms with van der Waals surface area (Å²) in [6.07, 6.45) is 5.34. The summed E-state index contributed by atoms with van der Waals surface area (Å²) < 4.78 is 13.1. The van der Waals surface area contributed by atoms with Crippen molar-refractivity contribution in [3.05, 3.63) is 29.6 Å². The summed E-state index contributed by atoms with van der Waals surface area (Å²) in [5, 5.41) is 22.2. The van der Waals surface area contributed by atoms with E-state index in [1.165, 1.54) is 12.5 Å². The number of aliphatic hydroxyl groups excluding tert-OH is 1. The maximum atomic E-state index is 13.1. The molecule has 1 saturated carbocycles. The van der Waals surface area contributed by atoms with E-state index in [1.54, 1.807) is 6.07 Å². The molecular weight excluding hydrogens is 233 g/mol. The lowest BCUT2D eigenvalue weighted by Gasteiger charge is -2.36. The number of benzene rings is 1. The molecule has 1 aromatic rings. The van der Waals surface area contributed by atoms with Gasteiger partial charge in [0.05, 0.1) is 6.61 Å². The molecule has 2 rings (SSSR count). The van der Waals surface area contributed by atoms with Crippen LogP contribution in [0.5, 0.6) is 5.75 Å². The molecule has 3 N–H and O–H groups in total. The Morgan fingerprint density at radius 2 is 1.89 bits per heavy atom. The van der Waals surface area contributed by atoms with Crippen molar-refractivity contribution in [2.75, 3.05) is 6.61 Å². The van der Waals surface area contributed by atoms with Crippen molar-refractivity contribution >= 4 is 0 Å². The topological polar surface area (TPSA) is 52.5 Å². The molecule has 0 bridgehead atoms. The molecule has 1 aliphatic rings. The molecule has 0 aromatic heterocycles. The zero-order chi connectivity index (χ0) is 13.0. The monoisotopic (exact) mass is 253 g/mol. The van der Waals surface area contributed by atoms with Gasteiger partial charge in [0.15, 0.2) is 0 Å². The highest BCUT2D eigenvalue weighted by Crippen LogP contribution is 2.28. The van der Waals surface area contributed by atoms with Crippen LogP contribution < -0.4 is 5.32 Å². The van der Waals surface area contributed by atoms with Crippen molar-refractivity contribution in [2.45, 2.75) is 44.2 Å². The quantitative estimate of drug-likeness (QED) is 0.772. The van der Waals surface area contributed by atoms with Gasteiger partial charge in [-0.2, -0.15) is 0 Å². The van der Waals surface area contributed by atoms with Crippen LogP contribution in [0.25, 0.3) is 0 Å². The molecule has 0 atom stereocenters. The second-order valence-corrected chi connectivity index (χ2v) is 5.17. The minimum atomic E-state index is -0.437. The molecule has 0 spiro atoms. The molecule has 0 radical (unpaired) electrons. The van der Waals surface area contributed by atoms with Crippen LogP contribution in [-0.4, -0.2) is 22.4 Å². The Morgan fingerprint density at radius 1 is 1.17 bits per heavy atom. The summed E-state index contributed by atoms with van der Waals surface area (Å²) in [5.74, 6) is -0.498. The van der Waals surface area contributed by atoms with Crippen molar-refractivity contribution in [1.82, 2.24) is 5.32 Å². The van der Waals surface area contributed by atoms with E-state index in [0.29, 0.717) is 12.1 Å². The van der Waals surface area contributed by atoms with E-state index in [0.717, 1.165) is 31.7 Å². The predicted octanol–water partition coefficient (Wildman–Crippen LogP) is 2.32. The summed E-state index contributed by atoms with van der Waals surface area (Å²) >= 11 is 0. The fourth-order valence-corrected chi connectivity index (χ4v) is 2.64. The molecule has 1 aromatic carbocycles. The number of phenolic OH excluding ortho intramolecular Hbond substituents is 1. The molecule has 100 valence electrons. The first-order chi connectivity index (χ1) is 8.63. The van der Waals surface area contributed by atoms with Crippen LogP contribution in [0.3, 0.4) is 0 Å². The molecule has 0 unspecified atom stereocenters. The highest BCUT2D eigenvalue weighted by molar-refractivity contribution is 5.28. The third-order valence-electron chi connectivity index (χ3n) is 3.72. The Bertz CT molecular complexity index is 383. The van der Waals surface area contributed by atoms with Gasteiger partial charge in [0, 0.05) is 18.2 Å². The van der Waals surface area contributed by atoms with Crippen LogP contribution >= 0.6 is 0 Å². The number of aromatic hydroxyl groups is 1. The van der Waals surface area contributed by atoms with Crippen LogP contribution in [0.4, 0.5) is 4.39 Å². The van der Waals surface area contributed by atoms with Gasteiger partial charge in [-0.1, -0.05) is 19.3 Å². The molecule has 0 aliphatic heterocycles. The molecule has 4 heteroatoms. The van der Waals surface area contributed by atoms with Crippen LogP contribution in [0, 0.1) is 5.82 Å². The lowest BCUT2D eigenvalue weighted by molar-refractivity contribution is 0.119. The van der Waals surface area contributed by atoms with Gasteiger partial charge < -0.3 is 15.5 Å². The lowest BCUT2D eigenvalue weighted by Crippen LogP contribution is -2.49. The van der Waals surface area contributed by atoms with Gasteiger partial charge in [0.2, 0.25) is 0 Å². The number of nitrogens with one attached hydrogen (secondary N) is 1. The highest BCUT2D eigenvalue weighted by atomic mass is 19.1. The Kier molecular flexibility index (Phi) is 4.19. The number of halogens is 1. The smallest absolute Gasteiger partial charge is 0.127 e. The van der Waals surface area contributed by atoms with Gasteiger partial charge in [-0.15, -0.1) is 0 Å². The van der Waals surface area contributed by atoms with Crippen molar-refractivity contribution < 1.29 is 14.6 Å². The maximum absolute atomic E-state index is 13.1. The van der Waals surface area contributed by atoms with Gasteiger partial charge >= 0.3 is 0 Å². The van der Waals surface area contributed by atoms with Gasteiger partial charge in [0.25, 0.3) is 0 Å². The molecule has 1 aliphatic carbocycles. The lowest BCUT2D eigenvalue weighted by atomic mass is 9.82. The first kappa shape index (κ1) is 13.3. The number of rotatable bonds is 4. The van der Waals surface area contributed by atoms with Crippen LogP contribution in [0.2, 0.25) is 0 Å². The van der Waals surface area contributed by atoms with Crippen LogP contribution in [0.15, 0.2) is 18.2 Å². The summed E-state index contributed by atoms with van der Waals surface area (Å²) in [4.78, 5) is 0. The number of phenols is 1. The standard InChI is InChI=1S/C14H20FNO2/c15-12-6-11(7-13(18)8-12)9-16-14(10-17)4-2-1-3-5-14/h6-8,16-18H,1-5,9-10H2. The first-order valence-corrected chi connectivity index (χ1v) is 6.48. The first-order valence-electron chi connectivity index (χ1n) is 6.48. The Morgan fingerprint density at radius 3 is 2.50 bits per heavy atom. The Labute approximate surface area is 107 Å². The van der Waals surface area contributed by atoms with Gasteiger partial charge in [-0.3, -0.25) is 0 Å². The summed E-state index contributed by atoms with van der Waals surface area (Å²) in [6.45, 7) is 0.570. The highest BCUT2D eigenvalue weighted by Gasteiger charge is 2.30. The van der Waals surface area contributed by atoms with E-state index < -0.39 is 5.82 Å². The van der Waals surface area contributed by atoms with Crippen LogP contribution in [-0.2, 0) is 6.54 Å². The minimum Gasteiger partial charge on any atom is -0.508 e. The fraction of sp³-hybridized carbons (Fsp3) is 0.571. The average Bonchev–Trinajstić information content (AvgIpc) is 2.36. The second-order valence-electron chi connectivity index (χ2n) is 5.17. The molecular formula is C14H20FNO2. The zero-order valence-corrected chi connectivity index (χ0v) is 10.5. The van der Waals surface area contributed by atoms with E-state index in [4.69, 9.17) is 0 Å². The zero-order valence-electron chi connectivity index (χ0n) is 10.5. The average molecular weight is 253 g/mol. The molecule has 18 heavy (non-hydrogen) atoms. The number of hydrogen-bond donors (Lipinski definition) is 3. The Hall–Kier alpha value is -1.13. The van der Waals surface area contributed by atoms with Gasteiger partial charge in [0.1, 0.15) is 11.6 Å². The third-order valence-corrected chi connectivity index (χ3v) is 3.72. The second kappa shape index (κ2) is 5.67. The van der Waals surface area contributed by atoms with E-state index in [-0.39, 0.29) is 17.9 Å². The van der Waals surface area contributed by atoms with E-state index >= 15 is 0 Å².